The molecule has 1 aliphatic heterocycles. The average molecular weight is 360 g/mol. The van der Waals surface area contributed by atoms with Gasteiger partial charge in [-0.05, 0) is 29.8 Å². The van der Waals surface area contributed by atoms with Gasteiger partial charge in [0.05, 0.1) is 22.8 Å². The minimum Gasteiger partial charge on any atom is -0.315 e. The zero-order valence-electron chi connectivity index (χ0n) is 14.2. The number of anilines is 1. The molecule has 3 aromatic heterocycles. The Kier molecular flexibility index (Phi) is 3.39. The Morgan fingerprint density at radius 1 is 1.19 bits per heavy atom. The summed E-state index contributed by atoms with van der Waals surface area (Å²) in [5.41, 5.74) is 6.05. The lowest BCUT2D eigenvalue weighted by molar-refractivity contribution is -0.117. The number of aromatic nitrogens is 3. The molecule has 26 heavy (non-hydrogen) atoms. The molecule has 5 rings (SSSR count). The van der Waals surface area contributed by atoms with E-state index in [1.54, 1.807) is 16.2 Å². The summed E-state index contributed by atoms with van der Waals surface area (Å²) in [7, 11) is 1.82. The molecule has 0 atom stereocenters. The topological polar surface area (TPSA) is 50.5 Å². The van der Waals surface area contributed by atoms with Gasteiger partial charge in [-0.2, -0.15) is 0 Å². The number of carbonyl (C=O) groups excluding carboxylic acids is 1. The van der Waals surface area contributed by atoms with E-state index in [0.717, 1.165) is 45.3 Å². The molecule has 1 amide bonds. The maximum atomic E-state index is 11.9. The van der Waals surface area contributed by atoms with Crippen LogP contribution in [-0.4, -0.2) is 27.3 Å². The molecule has 1 aromatic carbocycles. The van der Waals surface area contributed by atoms with Crippen molar-refractivity contribution in [1.82, 2.24) is 14.4 Å². The van der Waals surface area contributed by atoms with Crippen LogP contribution in [0.5, 0.6) is 0 Å². The predicted molar refractivity (Wildman–Crippen MR) is 103 cm³/mol. The number of likely N-dealkylation sites (N-methyl/N-ethyl adjacent to an activating group) is 1. The van der Waals surface area contributed by atoms with E-state index >= 15 is 0 Å². The summed E-state index contributed by atoms with van der Waals surface area (Å²) in [5.74, 6) is 0.142. The van der Waals surface area contributed by atoms with Crippen molar-refractivity contribution in [3.63, 3.8) is 0 Å². The largest absolute Gasteiger partial charge is 0.315 e. The van der Waals surface area contributed by atoms with E-state index in [-0.39, 0.29) is 5.91 Å². The van der Waals surface area contributed by atoms with Gasteiger partial charge >= 0.3 is 0 Å². The van der Waals surface area contributed by atoms with E-state index in [1.165, 1.54) is 0 Å². The lowest BCUT2D eigenvalue weighted by Gasteiger charge is -2.09. The van der Waals surface area contributed by atoms with Crippen LogP contribution in [0.25, 0.3) is 16.9 Å². The quantitative estimate of drug-likeness (QED) is 0.561. The van der Waals surface area contributed by atoms with Gasteiger partial charge in [0.2, 0.25) is 5.91 Å². The second-order valence-corrected chi connectivity index (χ2v) is 7.42. The number of carbonyl (C=O) groups is 1. The molecule has 0 aliphatic carbocycles. The van der Waals surface area contributed by atoms with Crippen LogP contribution in [-0.2, 0) is 17.6 Å². The van der Waals surface area contributed by atoms with E-state index in [9.17, 15) is 4.79 Å². The highest BCUT2D eigenvalue weighted by atomic mass is 32.1. The second-order valence-electron chi connectivity index (χ2n) is 6.47. The number of imidazole rings is 1. The van der Waals surface area contributed by atoms with Gasteiger partial charge in [-0.1, -0.05) is 12.1 Å². The fourth-order valence-corrected chi connectivity index (χ4v) is 4.20. The third-order valence-electron chi connectivity index (χ3n) is 4.75. The number of nitrogens with zero attached hydrogens (tertiary/aromatic N) is 4. The van der Waals surface area contributed by atoms with E-state index in [1.807, 2.05) is 54.2 Å². The molecular weight excluding hydrogens is 344 g/mol. The van der Waals surface area contributed by atoms with Crippen molar-refractivity contribution in [2.24, 2.45) is 0 Å². The van der Waals surface area contributed by atoms with Crippen molar-refractivity contribution in [1.29, 1.82) is 0 Å². The molecule has 0 fully saturated rings. The normalized spacial score (nSPS) is 13.6. The predicted octanol–water partition coefficient (Wildman–Crippen LogP) is 3.57. The molecule has 128 valence electrons. The first-order valence-corrected chi connectivity index (χ1v) is 9.32. The van der Waals surface area contributed by atoms with E-state index in [2.05, 4.69) is 16.4 Å². The molecule has 0 saturated carbocycles. The van der Waals surface area contributed by atoms with Crippen LogP contribution >= 0.6 is 11.3 Å². The van der Waals surface area contributed by atoms with E-state index in [4.69, 9.17) is 4.98 Å². The lowest BCUT2D eigenvalue weighted by Crippen LogP contribution is -2.20. The Morgan fingerprint density at radius 3 is 3.00 bits per heavy atom. The summed E-state index contributed by atoms with van der Waals surface area (Å²) in [6, 6.07) is 12.1. The van der Waals surface area contributed by atoms with Crippen LogP contribution in [0.15, 0.2) is 54.2 Å². The standard InChI is InChI=1S/C20H16N4OS/c1-23-17-6-5-13(8-14(17)9-20(23)25)16-12-26-19(22-16)10-15-11-24-7-3-2-4-18(24)21-15/h2-8,11-12H,9-10H2,1H3. The molecule has 0 N–H and O–H groups in total. The van der Waals surface area contributed by atoms with Crippen LogP contribution in [0.1, 0.15) is 16.3 Å². The summed E-state index contributed by atoms with van der Waals surface area (Å²) in [6.45, 7) is 0. The molecule has 4 aromatic rings. The number of benzene rings is 1. The minimum atomic E-state index is 0.142. The van der Waals surface area contributed by atoms with Crippen LogP contribution in [0.2, 0.25) is 0 Å². The number of hydrogen-bond donors (Lipinski definition) is 0. The Hall–Kier alpha value is -2.99. The highest BCUT2D eigenvalue weighted by Crippen LogP contribution is 2.32. The summed E-state index contributed by atoms with van der Waals surface area (Å²) < 4.78 is 2.03. The number of thiazole rings is 1. The van der Waals surface area contributed by atoms with E-state index in [0.29, 0.717) is 6.42 Å². The van der Waals surface area contributed by atoms with Crippen molar-refractivity contribution in [3.05, 3.63) is 70.4 Å². The van der Waals surface area contributed by atoms with Crippen molar-refractivity contribution in [2.45, 2.75) is 12.8 Å². The zero-order valence-corrected chi connectivity index (χ0v) is 15.0. The number of amides is 1. The van der Waals surface area contributed by atoms with Gasteiger partial charge in [-0.3, -0.25) is 4.79 Å². The molecule has 5 nitrogen and oxygen atoms in total. The zero-order chi connectivity index (χ0) is 17.7. The molecule has 0 bridgehead atoms. The number of pyridine rings is 1. The van der Waals surface area contributed by atoms with Gasteiger partial charge in [0.1, 0.15) is 5.65 Å². The van der Waals surface area contributed by atoms with Gasteiger partial charge in [-0.25, -0.2) is 9.97 Å². The highest BCUT2D eigenvalue weighted by molar-refractivity contribution is 7.10. The summed E-state index contributed by atoms with van der Waals surface area (Å²) in [5, 5.41) is 3.12. The smallest absolute Gasteiger partial charge is 0.231 e. The molecule has 0 saturated heterocycles. The first kappa shape index (κ1) is 15.3. The van der Waals surface area contributed by atoms with Crippen molar-refractivity contribution >= 4 is 28.6 Å². The van der Waals surface area contributed by atoms with Crippen molar-refractivity contribution in [3.8, 4) is 11.3 Å². The maximum Gasteiger partial charge on any atom is 0.231 e. The first-order valence-electron chi connectivity index (χ1n) is 8.44. The Labute approximate surface area is 154 Å². The monoisotopic (exact) mass is 360 g/mol. The molecule has 0 radical (unpaired) electrons. The highest BCUT2D eigenvalue weighted by Gasteiger charge is 2.24. The SMILES string of the molecule is CN1C(=O)Cc2cc(-c3csc(Cc4cn5ccccc5n4)n3)ccc21. The molecule has 6 heteroatoms. The van der Waals surface area contributed by atoms with Gasteiger partial charge in [0.15, 0.2) is 0 Å². The molecule has 1 aliphatic rings. The molecule has 4 heterocycles. The number of hydrogen-bond acceptors (Lipinski definition) is 4. The molecule has 0 spiro atoms. The van der Waals surface area contributed by atoms with E-state index < -0.39 is 0 Å². The fourth-order valence-electron chi connectivity index (χ4n) is 3.38. The maximum absolute atomic E-state index is 11.9. The lowest BCUT2D eigenvalue weighted by atomic mass is 10.1. The van der Waals surface area contributed by atoms with Crippen LogP contribution in [0, 0.1) is 0 Å². The minimum absolute atomic E-state index is 0.142. The van der Waals surface area contributed by atoms with Gasteiger partial charge in [-0.15, -0.1) is 11.3 Å². The Bertz CT molecular complexity index is 1110. The average Bonchev–Trinajstić information content (AvgIpc) is 3.33. The van der Waals surface area contributed by atoms with Crippen LogP contribution in [0.4, 0.5) is 5.69 Å². The second kappa shape index (κ2) is 5.78. The third-order valence-corrected chi connectivity index (χ3v) is 5.60. The molecule has 0 unspecified atom stereocenters. The van der Waals surface area contributed by atoms with Crippen molar-refractivity contribution < 1.29 is 4.79 Å². The number of rotatable bonds is 3. The molecular formula is C20H16N4OS. The van der Waals surface area contributed by atoms with Crippen molar-refractivity contribution in [2.75, 3.05) is 11.9 Å². The fraction of sp³-hybridized carbons (Fsp3) is 0.150. The number of fused-ring (bicyclic) bond motifs is 2. The van der Waals surface area contributed by atoms with Gasteiger partial charge in [0.25, 0.3) is 0 Å². The first-order chi connectivity index (χ1) is 12.7. The van der Waals surface area contributed by atoms with Crippen LogP contribution in [0.3, 0.4) is 0 Å². The van der Waals surface area contributed by atoms with Crippen LogP contribution < -0.4 is 4.90 Å². The summed E-state index contributed by atoms with van der Waals surface area (Å²) >= 11 is 1.65. The van der Waals surface area contributed by atoms with Gasteiger partial charge < -0.3 is 9.30 Å². The van der Waals surface area contributed by atoms with Gasteiger partial charge in [0, 0.05) is 42.5 Å². The Balaban J connectivity index is 1.42. The third kappa shape index (κ3) is 2.50. The Morgan fingerprint density at radius 2 is 2.12 bits per heavy atom. The summed E-state index contributed by atoms with van der Waals surface area (Å²) in [6.07, 6.45) is 5.24. The summed E-state index contributed by atoms with van der Waals surface area (Å²) in [4.78, 5) is 23.0.